The third-order valence-corrected chi connectivity index (χ3v) is 11.1. The summed E-state index contributed by atoms with van der Waals surface area (Å²) in [6.07, 6.45) is 9.09. The first-order chi connectivity index (χ1) is 23.1. The summed E-state index contributed by atoms with van der Waals surface area (Å²) < 4.78 is 0. The molecule has 10 rings (SSSR count). The molecule has 0 atom stereocenters. The maximum absolute atomic E-state index is 2.47. The van der Waals surface area contributed by atoms with E-state index in [4.69, 9.17) is 0 Å². The molecule has 0 bridgehead atoms. The van der Waals surface area contributed by atoms with Crippen LogP contribution >= 0.6 is 0 Å². The van der Waals surface area contributed by atoms with E-state index in [-0.39, 0.29) is 5.41 Å². The van der Waals surface area contributed by atoms with E-state index in [1.807, 2.05) is 0 Å². The van der Waals surface area contributed by atoms with Crippen LogP contribution in [0, 0.1) is 0 Å². The van der Waals surface area contributed by atoms with Crippen molar-refractivity contribution in [1.29, 1.82) is 0 Å². The van der Waals surface area contributed by atoms with E-state index in [2.05, 4.69) is 159 Å². The number of benzene rings is 7. The molecule has 47 heavy (non-hydrogen) atoms. The Morgan fingerprint density at radius 3 is 2.02 bits per heavy atom. The van der Waals surface area contributed by atoms with Crippen molar-refractivity contribution in [2.45, 2.75) is 32.1 Å². The van der Waals surface area contributed by atoms with Gasteiger partial charge in [-0.2, -0.15) is 0 Å². The Morgan fingerprint density at radius 2 is 1.19 bits per heavy atom. The SMILES string of the molecule is CC1(C)c2cc(-c3ccccc3-c3ccc4c5c6c(ccc35)C=CCC6=CC4)ccc2-c2ccc(-c3cccc4ccccc34)cc21. The van der Waals surface area contributed by atoms with E-state index < -0.39 is 0 Å². The van der Waals surface area contributed by atoms with Gasteiger partial charge in [0.25, 0.3) is 0 Å². The highest BCUT2D eigenvalue weighted by Gasteiger charge is 2.36. The fourth-order valence-electron chi connectivity index (χ4n) is 8.78. The Labute approximate surface area is 276 Å². The topological polar surface area (TPSA) is 0 Å². The predicted molar refractivity (Wildman–Crippen MR) is 201 cm³/mol. The molecule has 7 aromatic rings. The van der Waals surface area contributed by atoms with Crippen molar-refractivity contribution in [2.75, 3.05) is 0 Å². The van der Waals surface area contributed by atoms with Crippen LogP contribution in [0.3, 0.4) is 0 Å². The van der Waals surface area contributed by atoms with Crippen molar-refractivity contribution in [2.24, 2.45) is 0 Å². The lowest BCUT2D eigenvalue weighted by molar-refractivity contribution is 0.661. The Balaban J connectivity index is 1.10. The molecule has 0 spiro atoms. The monoisotopic (exact) mass is 598 g/mol. The Bertz CT molecular complexity index is 2530. The molecule has 0 fully saturated rings. The number of hydrogen-bond acceptors (Lipinski definition) is 0. The summed E-state index contributed by atoms with van der Waals surface area (Å²) in [7, 11) is 0. The van der Waals surface area contributed by atoms with Gasteiger partial charge in [0.15, 0.2) is 0 Å². The molecule has 0 saturated carbocycles. The highest BCUT2D eigenvalue weighted by molar-refractivity contribution is 6.09. The maximum Gasteiger partial charge on any atom is 0.0159 e. The van der Waals surface area contributed by atoms with Gasteiger partial charge in [0.1, 0.15) is 0 Å². The fourth-order valence-corrected chi connectivity index (χ4v) is 8.78. The van der Waals surface area contributed by atoms with Crippen LogP contribution in [-0.2, 0) is 11.8 Å². The molecule has 0 unspecified atom stereocenters. The summed E-state index contributed by atoms with van der Waals surface area (Å²) in [6.45, 7) is 4.79. The lowest BCUT2D eigenvalue weighted by Gasteiger charge is -2.25. The van der Waals surface area contributed by atoms with Gasteiger partial charge in [0, 0.05) is 5.41 Å². The zero-order valence-corrected chi connectivity index (χ0v) is 26.8. The van der Waals surface area contributed by atoms with Crippen LogP contribution in [0.5, 0.6) is 0 Å². The normalized spacial score (nSPS) is 15.1. The lowest BCUT2D eigenvalue weighted by atomic mass is 9.79. The first-order valence-corrected chi connectivity index (χ1v) is 16.9. The molecule has 0 heteroatoms. The maximum atomic E-state index is 2.47. The minimum Gasteiger partial charge on any atom is -0.0795 e. The molecule has 3 aliphatic carbocycles. The molecule has 0 aliphatic heterocycles. The first-order valence-electron chi connectivity index (χ1n) is 16.9. The van der Waals surface area contributed by atoms with Gasteiger partial charge < -0.3 is 0 Å². The zero-order valence-electron chi connectivity index (χ0n) is 26.8. The minimum atomic E-state index is -0.114. The third kappa shape index (κ3) is 3.82. The molecule has 7 aromatic carbocycles. The smallest absolute Gasteiger partial charge is 0.0159 e. The lowest BCUT2D eigenvalue weighted by Crippen LogP contribution is -2.15. The van der Waals surface area contributed by atoms with Gasteiger partial charge >= 0.3 is 0 Å². The van der Waals surface area contributed by atoms with Gasteiger partial charge in [0.2, 0.25) is 0 Å². The van der Waals surface area contributed by atoms with E-state index in [1.54, 1.807) is 0 Å². The van der Waals surface area contributed by atoms with E-state index in [0.29, 0.717) is 0 Å². The minimum absolute atomic E-state index is 0.114. The summed E-state index contributed by atoms with van der Waals surface area (Å²) in [5.41, 5.74) is 18.9. The first kappa shape index (κ1) is 26.7. The number of fused-ring (bicyclic) bond motifs is 4. The molecule has 0 N–H and O–H groups in total. The number of hydrogen-bond donors (Lipinski definition) is 0. The molecular formula is C47H34. The second kappa shape index (κ2) is 9.77. The van der Waals surface area contributed by atoms with Crippen LogP contribution < -0.4 is 0 Å². The standard InChI is InChI=1S/C47H34/c1-47(2)43-27-33(36-16-8-10-29-9-3-4-13-35(29)36)21-24-40(43)41-25-22-34(28-44(41)47)37-14-5-6-15-38(37)39-23-19-32-18-17-30-11-7-12-31-20-26-42(39)46(32)45(30)31/h3-10,12-17,19-28H,11,18H2,1-2H3. The molecule has 222 valence electrons. The van der Waals surface area contributed by atoms with Crippen molar-refractivity contribution in [3.8, 4) is 44.5 Å². The van der Waals surface area contributed by atoms with Gasteiger partial charge in [0.05, 0.1) is 0 Å². The summed E-state index contributed by atoms with van der Waals surface area (Å²) in [4.78, 5) is 0. The molecule has 0 aromatic heterocycles. The Hall–Kier alpha value is -5.46. The molecule has 0 nitrogen and oxygen atoms in total. The van der Waals surface area contributed by atoms with Gasteiger partial charge in [-0.3, -0.25) is 0 Å². The Morgan fingerprint density at radius 1 is 0.511 bits per heavy atom. The summed E-state index contributed by atoms with van der Waals surface area (Å²) >= 11 is 0. The van der Waals surface area contributed by atoms with Gasteiger partial charge in [-0.15, -0.1) is 0 Å². The number of allylic oxidation sites excluding steroid dienone is 3. The molecule has 0 saturated heterocycles. The van der Waals surface area contributed by atoms with E-state index in [9.17, 15) is 0 Å². The Kier molecular flexibility index (Phi) is 5.56. The molecule has 0 amide bonds. The van der Waals surface area contributed by atoms with Gasteiger partial charge in [-0.25, -0.2) is 0 Å². The van der Waals surface area contributed by atoms with E-state index >= 15 is 0 Å². The van der Waals surface area contributed by atoms with Crippen molar-refractivity contribution in [3.63, 3.8) is 0 Å². The largest absolute Gasteiger partial charge is 0.0795 e. The van der Waals surface area contributed by atoms with E-state index in [0.717, 1.165) is 12.8 Å². The van der Waals surface area contributed by atoms with Crippen LogP contribution in [0.1, 0.15) is 48.1 Å². The number of rotatable bonds is 3. The van der Waals surface area contributed by atoms with Crippen molar-refractivity contribution < 1.29 is 0 Å². The third-order valence-electron chi connectivity index (χ3n) is 11.1. The second-order valence-corrected chi connectivity index (χ2v) is 14.0. The summed E-state index contributed by atoms with van der Waals surface area (Å²) in [5, 5.41) is 5.40. The van der Waals surface area contributed by atoms with Crippen LogP contribution in [0.25, 0.3) is 77.7 Å². The van der Waals surface area contributed by atoms with Crippen molar-refractivity contribution >= 4 is 33.2 Å². The van der Waals surface area contributed by atoms with Crippen molar-refractivity contribution in [3.05, 3.63) is 167 Å². The summed E-state index contributed by atoms with van der Waals surface area (Å²) in [5.74, 6) is 0. The second-order valence-electron chi connectivity index (χ2n) is 14.0. The van der Waals surface area contributed by atoms with E-state index in [1.165, 1.54) is 99.4 Å². The zero-order chi connectivity index (χ0) is 31.3. The van der Waals surface area contributed by atoms with Crippen molar-refractivity contribution in [1.82, 2.24) is 0 Å². The molecular weight excluding hydrogens is 565 g/mol. The molecule has 0 radical (unpaired) electrons. The van der Waals surface area contributed by atoms with Crippen LogP contribution in [0.2, 0.25) is 0 Å². The fraction of sp³-hybridized carbons (Fsp3) is 0.106. The summed E-state index contributed by atoms with van der Waals surface area (Å²) in [6, 6.07) is 48.1. The quantitative estimate of drug-likeness (QED) is 0.190. The van der Waals surface area contributed by atoms with Crippen LogP contribution in [0.15, 0.2) is 140 Å². The average Bonchev–Trinajstić information content (AvgIpc) is 3.35. The predicted octanol–water partition coefficient (Wildman–Crippen LogP) is 12.7. The van der Waals surface area contributed by atoms with Gasteiger partial charge in [-0.05, 0) is 124 Å². The highest BCUT2D eigenvalue weighted by Crippen LogP contribution is 2.52. The molecule has 0 heterocycles. The van der Waals surface area contributed by atoms with Crippen LogP contribution in [-0.4, -0.2) is 0 Å². The average molecular weight is 599 g/mol. The molecule has 3 aliphatic rings. The van der Waals surface area contributed by atoms with Gasteiger partial charge in [-0.1, -0.05) is 147 Å². The highest BCUT2D eigenvalue weighted by atomic mass is 14.4. The van der Waals surface area contributed by atoms with Crippen LogP contribution in [0.4, 0.5) is 0 Å².